The lowest BCUT2D eigenvalue weighted by Gasteiger charge is -2.31. The standard InChI is InChI=1S/C13H27N3O2S/c1-12(2)4-8-16-9-5-13(6-10-16)15-7-3-11-19(14,17)18/h4,13,15H,3,5-11H2,1-2H3,(H2,14,17,18). The second kappa shape index (κ2) is 7.99. The van der Waals surface area contributed by atoms with Crippen molar-refractivity contribution in [3.63, 3.8) is 0 Å². The molecule has 1 rings (SSSR count). The molecule has 0 aliphatic carbocycles. The van der Waals surface area contributed by atoms with Crippen LogP contribution in [0, 0.1) is 0 Å². The molecule has 0 amide bonds. The van der Waals surface area contributed by atoms with Gasteiger partial charge in [0.2, 0.25) is 10.0 Å². The fraction of sp³-hybridized carbons (Fsp3) is 0.846. The number of likely N-dealkylation sites (tertiary alicyclic amines) is 1. The van der Waals surface area contributed by atoms with Crippen LogP contribution < -0.4 is 10.5 Å². The topological polar surface area (TPSA) is 75.4 Å². The zero-order valence-corrected chi connectivity index (χ0v) is 12.9. The first-order valence-corrected chi connectivity index (χ1v) is 8.68. The van der Waals surface area contributed by atoms with E-state index in [4.69, 9.17) is 5.14 Å². The summed E-state index contributed by atoms with van der Waals surface area (Å²) >= 11 is 0. The Morgan fingerprint density at radius 1 is 1.37 bits per heavy atom. The Hall–Kier alpha value is -0.430. The van der Waals surface area contributed by atoms with E-state index in [0.29, 0.717) is 12.5 Å². The van der Waals surface area contributed by atoms with Gasteiger partial charge in [-0.3, -0.25) is 4.90 Å². The van der Waals surface area contributed by atoms with E-state index in [1.54, 1.807) is 0 Å². The average molecular weight is 289 g/mol. The van der Waals surface area contributed by atoms with Crippen molar-refractivity contribution in [1.29, 1.82) is 0 Å². The summed E-state index contributed by atoms with van der Waals surface area (Å²) in [6.07, 6.45) is 5.12. The number of hydrogen-bond donors (Lipinski definition) is 2. The summed E-state index contributed by atoms with van der Waals surface area (Å²) in [5.74, 6) is 0.0689. The molecule has 5 nitrogen and oxygen atoms in total. The molecule has 0 aromatic carbocycles. The number of nitrogens with one attached hydrogen (secondary N) is 1. The van der Waals surface area contributed by atoms with Crippen LogP contribution in [-0.4, -0.2) is 51.3 Å². The van der Waals surface area contributed by atoms with Crippen LogP contribution in [0.1, 0.15) is 33.1 Å². The molecule has 0 bridgehead atoms. The number of rotatable bonds is 7. The van der Waals surface area contributed by atoms with Gasteiger partial charge in [-0.2, -0.15) is 0 Å². The number of allylic oxidation sites excluding steroid dienone is 1. The van der Waals surface area contributed by atoms with Crippen molar-refractivity contribution in [1.82, 2.24) is 10.2 Å². The Bertz CT molecular complexity index is 381. The zero-order valence-electron chi connectivity index (χ0n) is 12.1. The third-order valence-electron chi connectivity index (χ3n) is 3.38. The molecule has 112 valence electrons. The summed E-state index contributed by atoms with van der Waals surface area (Å²) in [6, 6.07) is 0.517. The molecule has 1 aliphatic heterocycles. The number of piperidine rings is 1. The number of nitrogens with zero attached hydrogens (tertiary/aromatic N) is 1. The number of nitrogens with two attached hydrogens (primary N) is 1. The first-order chi connectivity index (χ1) is 8.87. The lowest BCUT2D eigenvalue weighted by molar-refractivity contribution is 0.215. The Balaban J connectivity index is 2.11. The van der Waals surface area contributed by atoms with Crippen LogP contribution in [0.15, 0.2) is 11.6 Å². The lowest BCUT2D eigenvalue weighted by Crippen LogP contribution is -2.43. The van der Waals surface area contributed by atoms with E-state index < -0.39 is 10.0 Å². The van der Waals surface area contributed by atoms with E-state index >= 15 is 0 Å². The minimum atomic E-state index is -3.31. The fourth-order valence-electron chi connectivity index (χ4n) is 2.21. The zero-order chi connectivity index (χ0) is 14.3. The normalized spacial score (nSPS) is 18.5. The Morgan fingerprint density at radius 2 is 2.00 bits per heavy atom. The second-order valence-corrected chi connectivity index (χ2v) is 7.26. The number of primary sulfonamides is 1. The predicted molar refractivity (Wildman–Crippen MR) is 79.5 cm³/mol. The maximum atomic E-state index is 10.8. The van der Waals surface area contributed by atoms with Crippen molar-refractivity contribution >= 4 is 10.0 Å². The molecule has 0 spiro atoms. The summed E-state index contributed by atoms with van der Waals surface area (Å²) in [5.41, 5.74) is 1.36. The van der Waals surface area contributed by atoms with E-state index in [1.807, 2.05) is 0 Å². The summed E-state index contributed by atoms with van der Waals surface area (Å²) in [6.45, 7) is 8.24. The van der Waals surface area contributed by atoms with Gasteiger partial charge in [0.1, 0.15) is 0 Å². The minimum absolute atomic E-state index is 0.0689. The molecular weight excluding hydrogens is 262 g/mol. The molecule has 3 N–H and O–H groups in total. The third-order valence-corrected chi connectivity index (χ3v) is 4.24. The lowest BCUT2D eigenvalue weighted by atomic mass is 10.0. The van der Waals surface area contributed by atoms with Crippen LogP contribution in [0.5, 0.6) is 0 Å². The van der Waals surface area contributed by atoms with Crippen LogP contribution in [0.3, 0.4) is 0 Å². The van der Waals surface area contributed by atoms with Gasteiger partial charge in [0, 0.05) is 12.6 Å². The van der Waals surface area contributed by atoms with E-state index in [9.17, 15) is 8.42 Å². The van der Waals surface area contributed by atoms with Gasteiger partial charge in [-0.05, 0) is 52.7 Å². The summed E-state index contributed by atoms with van der Waals surface area (Å²) in [5, 5.41) is 8.38. The Kier molecular flexibility index (Phi) is 6.99. The van der Waals surface area contributed by atoms with Gasteiger partial charge in [0.25, 0.3) is 0 Å². The average Bonchev–Trinajstić information content (AvgIpc) is 2.32. The van der Waals surface area contributed by atoms with Crippen molar-refractivity contribution in [2.24, 2.45) is 5.14 Å². The molecule has 0 radical (unpaired) electrons. The monoisotopic (exact) mass is 289 g/mol. The van der Waals surface area contributed by atoms with Crippen LogP contribution in [-0.2, 0) is 10.0 Å². The Labute approximate surface area is 117 Å². The molecule has 0 saturated carbocycles. The molecule has 0 unspecified atom stereocenters. The van der Waals surface area contributed by atoms with Crippen molar-refractivity contribution < 1.29 is 8.42 Å². The van der Waals surface area contributed by atoms with Gasteiger partial charge in [-0.25, -0.2) is 13.6 Å². The third kappa shape index (κ3) is 8.36. The van der Waals surface area contributed by atoms with Gasteiger partial charge < -0.3 is 5.32 Å². The highest BCUT2D eigenvalue weighted by Crippen LogP contribution is 2.10. The molecule has 1 fully saturated rings. The molecule has 1 saturated heterocycles. The van der Waals surface area contributed by atoms with Gasteiger partial charge in [0.05, 0.1) is 5.75 Å². The largest absolute Gasteiger partial charge is 0.314 e. The van der Waals surface area contributed by atoms with E-state index in [1.165, 1.54) is 5.57 Å². The highest BCUT2D eigenvalue weighted by Gasteiger charge is 2.17. The van der Waals surface area contributed by atoms with Gasteiger partial charge in [-0.15, -0.1) is 0 Å². The van der Waals surface area contributed by atoms with Crippen molar-refractivity contribution in [2.45, 2.75) is 39.2 Å². The molecule has 0 atom stereocenters. The molecule has 0 aromatic heterocycles. The van der Waals surface area contributed by atoms with Gasteiger partial charge >= 0.3 is 0 Å². The van der Waals surface area contributed by atoms with Crippen molar-refractivity contribution in [3.8, 4) is 0 Å². The Morgan fingerprint density at radius 3 is 2.53 bits per heavy atom. The number of sulfonamides is 1. The molecule has 0 aromatic rings. The molecule has 19 heavy (non-hydrogen) atoms. The van der Waals surface area contributed by atoms with Gasteiger partial charge in [0.15, 0.2) is 0 Å². The molecule has 1 aliphatic rings. The molecular formula is C13H27N3O2S. The van der Waals surface area contributed by atoms with Crippen LogP contribution in [0.4, 0.5) is 0 Å². The van der Waals surface area contributed by atoms with Crippen molar-refractivity contribution in [2.75, 3.05) is 31.9 Å². The minimum Gasteiger partial charge on any atom is -0.314 e. The molecule has 6 heteroatoms. The van der Waals surface area contributed by atoms with Crippen molar-refractivity contribution in [3.05, 3.63) is 11.6 Å². The SMILES string of the molecule is CC(C)=CCN1CCC(NCCCS(N)(=O)=O)CC1. The summed E-state index contributed by atoms with van der Waals surface area (Å²) in [7, 11) is -3.31. The predicted octanol–water partition coefficient (Wildman–Crippen LogP) is 0.685. The highest BCUT2D eigenvalue weighted by molar-refractivity contribution is 7.89. The van der Waals surface area contributed by atoms with E-state index in [0.717, 1.165) is 39.0 Å². The smallest absolute Gasteiger partial charge is 0.209 e. The van der Waals surface area contributed by atoms with Crippen LogP contribution >= 0.6 is 0 Å². The second-order valence-electron chi connectivity index (χ2n) is 5.53. The molecule has 1 heterocycles. The maximum Gasteiger partial charge on any atom is 0.209 e. The fourth-order valence-corrected chi connectivity index (χ4v) is 2.76. The van der Waals surface area contributed by atoms with Crippen LogP contribution in [0.2, 0.25) is 0 Å². The first-order valence-electron chi connectivity index (χ1n) is 6.96. The highest BCUT2D eigenvalue weighted by atomic mass is 32.2. The quantitative estimate of drug-likeness (QED) is 0.534. The first kappa shape index (κ1) is 16.6. The van der Waals surface area contributed by atoms with Crippen LogP contribution in [0.25, 0.3) is 0 Å². The summed E-state index contributed by atoms with van der Waals surface area (Å²) < 4.78 is 21.6. The number of hydrogen-bond acceptors (Lipinski definition) is 4. The summed E-state index contributed by atoms with van der Waals surface area (Å²) in [4.78, 5) is 2.45. The van der Waals surface area contributed by atoms with Gasteiger partial charge in [-0.1, -0.05) is 11.6 Å². The van der Waals surface area contributed by atoms with E-state index in [-0.39, 0.29) is 5.75 Å². The maximum absolute atomic E-state index is 10.8. The van der Waals surface area contributed by atoms with E-state index in [2.05, 4.69) is 30.1 Å².